The van der Waals surface area contributed by atoms with Crippen molar-refractivity contribution in [1.82, 2.24) is 20.2 Å². The molecule has 0 spiro atoms. The van der Waals surface area contributed by atoms with Gasteiger partial charge in [-0.05, 0) is 43.3 Å². The van der Waals surface area contributed by atoms with Crippen LogP contribution >= 0.6 is 11.3 Å². The molecule has 0 saturated carbocycles. The SMILES string of the molecule is Cc1ccc2c(C)nc(NC3=NCN(CCc4cccs4)CN3)nc2c1. The van der Waals surface area contributed by atoms with Crippen LogP contribution in [0.5, 0.6) is 0 Å². The molecule has 0 unspecified atom stereocenters. The Balaban J connectivity index is 1.41. The number of hydrogen-bond donors (Lipinski definition) is 2. The van der Waals surface area contributed by atoms with Crippen molar-refractivity contribution < 1.29 is 0 Å². The third kappa shape index (κ3) is 3.84. The Morgan fingerprint density at radius 1 is 1.23 bits per heavy atom. The molecule has 26 heavy (non-hydrogen) atoms. The standard InChI is InChI=1S/C19H22N6S/c1-13-5-6-16-14(2)22-19(23-17(16)10-13)24-18-20-11-25(12-21-18)8-7-15-4-3-9-26-15/h3-6,9-10H,7-8,11-12H2,1-2H3,(H2,20,21,22,23,24). The molecule has 134 valence electrons. The molecule has 6 nitrogen and oxygen atoms in total. The van der Waals surface area contributed by atoms with Gasteiger partial charge in [-0.2, -0.15) is 0 Å². The Kier molecular flexibility index (Phi) is 4.81. The average Bonchev–Trinajstić information content (AvgIpc) is 3.14. The number of rotatable bonds is 4. The smallest absolute Gasteiger partial charge is 0.230 e. The largest absolute Gasteiger partial charge is 0.343 e. The molecular weight excluding hydrogens is 344 g/mol. The average molecular weight is 366 g/mol. The number of anilines is 1. The molecule has 3 heterocycles. The highest BCUT2D eigenvalue weighted by Gasteiger charge is 2.13. The Morgan fingerprint density at radius 3 is 2.92 bits per heavy atom. The van der Waals surface area contributed by atoms with Gasteiger partial charge in [0.2, 0.25) is 11.9 Å². The summed E-state index contributed by atoms with van der Waals surface area (Å²) in [5, 5.41) is 9.74. The summed E-state index contributed by atoms with van der Waals surface area (Å²) in [5.41, 5.74) is 3.11. The quantitative estimate of drug-likeness (QED) is 0.743. The third-order valence-corrected chi connectivity index (χ3v) is 5.36. The first kappa shape index (κ1) is 16.9. The number of benzene rings is 1. The predicted octanol–water partition coefficient (Wildman–Crippen LogP) is 3.14. The van der Waals surface area contributed by atoms with Crippen molar-refractivity contribution in [3.63, 3.8) is 0 Å². The minimum Gasteiger partial charge on any atom is -0.343 e. The highest BCUT2D eigenvalue weighted by molar-refractivity contribution is 7.09. The van der Waals surface area contributed by atoms with Crippen LogP contribution in [0.2, 0.25) is 0 Å². The Hall–Kier alpha value is -2.51. The van der Waals surface area contributed by atoms with Gasteiger partial charge in [0.25, 0.3) is 0 Å². The van der Waals surface area contributed by atoms with E-state index in [-0.39, 0.29) is 0 Å². The van der Waals surface area contributed by atoms with E-state index in [1.54, 1.807) is 11.3 Å². The van der Waals surface area contributed by atoms with E-state index in [0.717, 1.165) is 42.2 Å². The van der Waals surface area contributed by atoms with Gasteiger partial charge in [-0.25, -0.2) is 15.0 Å². The summed E-state index contributed by atoms with van der Waals surface area (Å²) in [6.07, 6.45) is 1.06. The first-order valence-corrected chi connectivity index (χ1v) is 9.60. The maximum atomic E-state index is 4.62. The van der Waals surface area contributed by atoms with E-state index < -0.39 is 0 Å². The first-order chi connectivity index (χ1) is 12.7. The normalized spacial score (nSPS) is 14.9. The van der Waals surface area contributed by atoms with Crippen molar-refractivity contribution in [2.45, 2.75) is 20.3 Å². The number of guanidine groups is 1. The fourth-order valence-electron chi connectivity index (χ4n) is 2.98. The van der Waals surface area contributed by atoms with Crippen LogP contribution < -0.4 is 10.6 Å². The van der Waals surface area contributed by atoms with Gasteiger partial charge >= 0.3 is 0 Å². The van der Waals surface area contributed by atoms with Crippen molar-refractivity contribution in [2.75, 3.05) is 25.2 Å². The van der Waals surface area contributed by atoms with Crippen LogP contribution in [0.3, 0.4) is 0 Å². The molecule has 2 N–H and O–H groups in total. The van der Waals surface area contributed by atoms with Gasteiger partial charge in [-0.3, -0.25) is 10.2 Å². The van der Waals surface area contributed by atoms with Crippen LogP contribution in [0.1, 0.15) is 16.1 Å². The number of aromatic nitrogens is 2. The molecule has 0 fully saturated rings. The minimum atomic E-state index is 0.582. The van der Waals surface area contributed by atoms with E-state index in [1.807, 2.05) is 6.92 Å². The van der Waals surface area contributed by atoms with Crippen LogP contribution in [-0.2, 0) is 6.42 Å². The van der Waals surface area contributed by atoms with Gasteiger partial charge in [-0.15, -0.1) is 11.3 Å². The number of thiophene rings is 1. The topological polar surface area (TPSA) is 65.4 Å². The maximum Gasteiger partial charge on any atom is 0.230 e. The molecule has 4 rings (SSSR count). The molecule has 0 radical (unpaired) electrons. The van der Waals surface area contributed by atoms with E-state index in [9.17, 15) is 0 Å². The summed E-state index contributed by atoms with van der Waals surface area (Å²) in [6.45, 7) is 6.51. The van der Waals surface area contributed by atoms with Crippen molar-refractivity contribution in [2.24, 2.45) is 4.99 Å². The van der Waals surface area contributed by atoms with E-state index >= 15 is 0 Å². The fourth-order valence-corrected chi connectivity index (χ4v) is 3.68. The highest BCUT2D eigenvalue weighted by Crippen LogP contribution is 2.18. The molecule has 1 aliphatic heterocycles. The van der Waals surface area contributed by atoms with Gasteiger partial charge < -0.3 is 5.32 Å². The number of aryl methyl sites for hydroxylation is 2. The molecule has 0 atom stereocenters. The second-order valence-corrected chi connectivity index (χ2v) is 7.52. The lowest BCUT2D eigenvalue weighted by Gasteiger charge is -2.26. The Bertz CT molecular complexity index is 935. The maximum absolute atomic E-state index is 4.62. The van der Waals surface area contributed by atoms with Crippen LogP contribution in [0.15, 0.2) is 40.7 Å². The van der Waals surface area contributed by atoms with Gasteiger partial charge in [0.15, 0.2) is 0 Å². The second kappa shape index (κ2) is 7.39. The van der Waals surface area contributed by atoms with Crippen molar-refractivity contribution in [3.8, 4) is 0 Å². The third-order valence-electron chi connectivity index (χ3n) is 4.43. The first-order valence-electron chi connectivity index (χ1n) is 8.72. The zero-order chi connectivity index (χ0) is 17.9. The molecule has 0 bridgehead atoms. The van der Waals surface area contributed by atoms with Crippen molar-refractivity contribution >= 4 is 34.1 Å². The number of nitrogens with zero attached hydrogens (tertiary/aromatic N) is 4. The molecule has 3 aromatic rings. The van der Waals surface area contributed by atoms with E-state index in [0.29, 0.717) is 12.6 Å². The summed E-state index contributed by atoms with van der Waals surface area (Å²) in [4.78, 5) is 17.4. The van der Waals surface area contributed by atoms with E-state index in [1.165, 1.54) is 10.4 Å². The van der Waals surface area contributed by atoms with Crippen LogP contribution in [0, 0.1) is 13.8 Å². The highest BCUT2D eigenvalue weighted by atomic mass is 32.1. The summed E-state index contributed by atoms with van der Waals surface area (Å²) >= 11 is 1.81. The van der Waals surface area contributed by atoms with Crippen molar-refractivity contribution in [1.29, 1.82) is 0 Å². The van der Waals surface area contributed by atoms with E-state index in [2.05, 4.69) is 73.1 Å². The van der Waals surface area contributed by atoms with Gasteiger partial charge in [-0.1, -0.05) is 18.2 Å². The number of aliphatic imine (C=N–C) groups is 1. The molecule has 0 saturated heterocycles. The van der Waals surface area contributed by atoms with Gasteiger partial charge in [0.05, 0.1) is 24.5 Å². The molecule has 1 aromatic carbocycles. The zero-order valence-corrected chi connectivity index (χ0v) is 15.8. The molecule has 0 amide bonds. The van der Waals surface area contributed by atoms with Gasteiger partial charge in [0.1, 0.15) is 0 Å². The van der Waals surface area contributed by atoms with Crippen molar-refractivity contribution in [3.05, 3.63) is 51.8 Å². The zero-order valence-electron chi connectivity index (χ0n) is 15.0. The monoisotopic (exact) mass is 366 g/mol. The fraction of sp³-hybridized carbons (Fsp3) is 0.316. The molecule has 0 aliphatic carbocycles. The summed E-state index contributed by atoms with van der Waals surface area (Å²) < 4.78 is 0. The molecule has 1 aliphatic rings. The molecular formula is C19H22N6S. The summed E-state index contributed by atoms with van der Waals surface area (Å²) in [7, 11) is 0. The summed E-state index contributed by atoms with van der Waals surface area (Å²) in [6, 6.07) is 10.5. The minimum absolute atomic E-state index is 0.582. The molecule has 2 aromatic heterocycles. The lowest BCUT2D eigenvalue weighted by Crippen LogP contribution is -2.46. The molecule has 7 heteroatoms. The number of hydrogen-bond acceptors (Lipinski definition) is 7. The van der Waals surface area contributed by atoms with E-state index in [4.69, 9.17) is 0 Å². The number of nitrogens with one attached hydrogen (secondary N) is 2. The predicted molar refractivity (Wildman–Crippen MR) is 108 cm³/mol. The lowest BCUT2D eigenvalue weighted by molar-refractivity contribution is 0.269. The number of fused-ring (bicyclic) bond motifs is 1. The second-order valence-electron chi connectivity index (χ2n) is 6.49. The lowest BCUT2D eigenvalue weighted by atomic mass is 10.1. The van der Waals surface area contributed by atoms with Crippen LogP contribution in [0.25, 0.3) is 10.9 Å². The Morgan fingerprint density at radius 2 is 2.15 bits per heavy atom. The van der Waals surface area contributed by atoms with Crippen LogP contribution in [-0.4, -0.2) is 40.7 Å². The summed E-state index contributed by atoms with van der Waals surface area (Å²) in [5.74, 6) is 1.31. The van der Waals surface area contributed by atoms with Crippen LogP contribution in [0.4, 0.5) is 5.95 Å². The Labute approximate surface area is 157 Å². The van der Waals surface area contributed by atoms with Gasteiger partial charge in [0, 0.05) is 16.8 Å².